The third-order valence-electron chi connectivity index (χ3n) is 4.80. The Labute approximate surface area is 191 Å². The van der Waals surface area contributed by atoms with E-state index in [2.05, 4.69) is 16.3 Å². The smallest absolute Gasteiger partial charge is 0.316 e. The van der Waals surface area contributed by atoms with Gasteiger partial charge in [0.15, 0.2) is 11.0 Å². The first-order valence-corrected chi connectivity index (χ1v) is 11.1. The van der Waals surface area contributed by atoms with Crippen molar-refractivity contribution in [2.45, 2.75) is 18.7 Å². The third kappa shape index (κ3) is 5.18. The first-order chi connectivity index (χ1) is 15.6. The summed E-state index contributed by atoms with van der Waals surface area (Å²) in [6.45, 7) is 2.29. The van der Waals surface area contributed by atoms with Gasteiger partial charge >= 0.3 is 5.97 Å². The van der Waals surface area contributed by atoms with Gasteiger partial charge in [-0.15, -0.1) is 10.2 Å². The van der Waals surface area contributed by atoms with Crippen molar-refractivity contribution in [3.05, 3.63) is 90.0 Å². The minimum Gasteiger partial charge on any atom is -0.497 e. The molecule has 0 N–H and O–H groups in total. The van der Waals surface area contributed by atoms with Crippen molar-refractivity contribution in [1.29, 1.82) is 0 Å². The Morgan fingerprint density at radius 1 is 0.969 bits per heavy atom. The van der Waals surface area contributed by atoms with Gasteiger partial charge in [-0.2, -0.15) is 0 Å². The average molecular weight is 446 g/mol. The molecule has 0 unspecified atom stereocenters. The van der Waals surface area contributed by atoms with E-state index in [0.717, 1.165) is 28.1 Å². The predicted octanol–water partition coefficient (Wildman–Crippen LogP) is 5.09. The minimum absolute atomic E-state index is 0.138. The van der Waals surface area contributed by atoms with Crippen LogP contribution in [0.25, 0.3) is 17.1 Å². The van der Waals surface area contributed by atoms with E-state index in [4.69, 9.17) is 9.47 Å². The largest absolute Gasteiger partial charge is 0.497 e. The number of hydrogen-bond donors (Lipinski definition) is 0. The van der Waals surface area contributed by atoms with Gasteiger partial charge in [-0.3, -0.25) is 9.36 Å². The average Bonchev–Trinajstić information content (AvgIpc) is 3.26. The van der Waals surface area contributed by atoms with Gasteiger partial charge in [0.05, 0.1) is 12.9 Å². The van der Waals surface area contributed by atoms with Crippen LogP contribution in [0.5, 0.6) is 5.75 Å². The Morgan fingerprint density at radius 2 is 1.75 bits per heavy atom. The molecule has 1 aromatic heterocycles. The summed E-state index contributed by atoms with van der Waals surface area (Å²) >= 11 is 1.30. The molecule has 7 heteroatoms. The summed E-state index contributed by atoms with van der Waals surface area (Å²) in [6, 6.07) is 25.4. The van der Waals surface area contributed by atoms with Crippen molar-refractivity contribution < 1.29 is 14.3 Å². The summed E-state index contributed by atoms with van der Waals surface area (Å²) in [7, 11) is 1.63. The second-order valence-electron chi connectivity index (χ2n) is 7.14. The summed E-state index contributed by atoms with van der Waals surface area (Å²) in [5.41, 5.74) is 3.91. The van der Waals surface area contributed by atoms with Crippen LogP contribution in [-0.2, 0) is 16.1 Å². The van der Waals surface area contributed by atoms with Crippen LogP contribution in [0, 0.1) is 6.92 Å². The molecule has 0 bridgehead atoms. The van der Waals surface area contributed by atoms with E-state index in [9.17, 15) is 4.79 Å². The monoisotopic (exact) mass is 445 g/mol. The standard InChI is InChI=1S/C25H23N3O3S/c1-18-7-6-10-21(15-18)28-24(20-11-13-22(30-2)14-12-20)26-27-25(28)32-17-23(29)31-16-19-8-4-3-5-9-19/h3-15H,16-17H2,1-2H3. The molecule has 1 heterocycles. The molecule has 4 aromatic rings. The zero-order chi connectivity index (χ0) is 22.3. The van der Waals surface area contributed by atoms with Crippen LogP contribution in [-0.4, -0.2) is 33.6 Å². The van der Waals surface area contributed by atoms with Gasteiger partial charge in [-0.1, -0.05) is 54.2 Å². The Morgan fingerprint density at radius 3 is 2.47 bits per heavy atom. The SMILES string of the molecule is COc1ccc(-c2nnc(SCC(=O)OCc3ccccc3)n2-c2cccc(C)c2)cc1. The summed E-state index contributed by atoms with van der Waals surface area (Å²) in [4.78, 5) is 12.3. The first kappa shape index (κ1) is 21.6. The van der Waals surface area contributed by atoms with Crippen molar-refractivity contribution in [1.82, 2.24) is 14.8 Å². The molecule has 0 saturated heterocycles. The molecule has 0 saturated carbocycles. The lowest BCUT2D eigenvalue weighted by Gasteiger charge is -2.11. The maximum atomic E-state index is 12.3. The number of benzene rings is 3. The topological polar surface area (TPSA) is 66.2 Å². The Kier molecular flexibility index (Phi) is 6.87. The molecule has 0 aliphatic heterocycles. The van der Waals surface area contributed by atoms with E-state index in [1.807, 2.05) is 84.3 Å². The Hall–Kier alpha value is -3.58. The van der Waals surface area contributed by atoms with Crippen LogP contribution in [0.1, 0.15) is 11.1 Å². The van der Waals surface area contributed by atoms with E-state index in [1.165, 1.54) is 11.8 Å². The highest BCUT2D eigenvalue weighted by molar-refractivity contribution is 7.99. The summed E-state index contributed by atoms with van der Waals surface area (Å²) in [5.74, 6) is 1.30. The highest BCUT2D eigenvalue weighted by atomic mass is 32.2. The quantitative estimate of drug-likeness (QED) is 0.278. The predicted molar refractivity (Wildman–Crippen MR) is 125 cm³/mol. The maximum absolute atomic E-state index is 12.3. The van der Waals surface area contributed by atoms with Gasteiger partial charge in [-0.05, 0) is 54.4 Å². The first-order valence-electron chi connectivity index (χ1n) is 10.1. The molecule has 0 atom stereocenters. The number of carbonyl (C=O) groups excluding carboxylic acids is 1. The molecule has 0 radical (unpaired) electrons. The van der Waals surface area contributed by atoms with Crippen molar-refractivity contribution in [3.63, 3.8) is 0 Å². The van der Waals surface area contributed by atoms with Gasteiger partial charge in [0.1, 0.15) is 12.4 Å². The van der Waals surface area contributed by atoms with Crippen molar-refractivity contribution in [2.24, 2.45) is 0 Å². The van der Waals surface area contributed by atoms with E-state index in [1.54, 1.807) is 7.11 Å². The number of nitrogens with zero attached hydrogens (tertiary/aromatic N) is 3. The molecule has 32 heavy (non-hydrogen) atoms. The number of esters is 1. The van der Waals surface area contributed by atoms with Crippen molar-refractivity contribution >= 4 is 17.7 Å². The number of aromatic nitrogens is 3. The molecule has 6 nitrogen and oxygen atoms in total. The van der Waals surface area contributed by atoms with E-state index >= 15 is 0 Å². The van der Waals surface area contributed by atoms with Crippen LogP contribution in [0.4, 0.5) is 0 Å². The van der Waals surface area contributed by atoms with Gasteiger partial charge in [0.25, 0.3) is 0 Å². The molecule has 3 aromatic carbocycles. The fraction of sp³-hybridized carbons (Fsp3) is 0.160. The van der Waals surface area contributed by atoms with Crippen LogP contribution in [0.15, 0.2) is 84.0 Å². The van der Waals surface area contributed by atoms with Crippen LogP contribution in [0.3, 0.4) is 0 Å². The number of aryl methyl sites for hydroxylation is 1. The van der Waals surface area contributed by atoms with E-state index in [-0.39, 0.29) is 18.3 Å². The minimum atomic E-state index is -0.302. The number of hydrogen-bond acceptors (Lipinski definition) is 6. The van der Waals surface area contributed by atoms with Gasteiger partial charge < -0.3 is 9.47 Å². The number of thioether (sulfide) groups is 1. The fourth-order valence-corrected chi connectivity index (χ4v) is 3.94. The highest BCUT2D eigenvalue weighted by Crippen LogP contribution is 2.29. The molecule has 4 rings (SSSR count). The molecule has 0 fully saturated rings. The van der Waals surface area contributed by atoms with E-state index in [0.29, 0.717) is 11.0 Å². The fourth-order valence-electron chi connectivity index (χ4n) is 3.19. The lowest BCUT2D eigenvalue weighted by Crippen LogP contribution is -2.08. The third-order valence-corrected chi connectivity index (χ3v) is 5.71. The normalized spacial score (nSPS) is 10.7. The van der Waals surface area contributed by atoms with Gasteiger partial charge in [0.2, 0.25) is 0 Å². The number of rotatable bonds is 8. The molecule has 162 valence electrons. The molecular weight excluding hydrogens is 422 g/mol. The summed E-state index contributed by atoms with van der Waals surface area (Å²) in [6.07, 6.45) is 0. The molecule has 0 spiro atoms. The zero-order valence-electron chi connectivity index (χ0n) is 17.9. The molecule has 0 aliphatic carbocycles. The van der Waals surface area contributed by atoms with Gasteiger partial charge in [-0.25, -0.2) is 0 Å². The molecule has 0 aliphatic rings. The van der Waals surface area contributed by atoms with Crippen LogP contribution < -0.4 is 4.74 Å². The van der Waals surface area contributed by atoms with E-state index < -0.39 is 0 Å². The molecular formula is C25H23N3O3S. The number of ether oxygens (including phenoxy) is 2. The number of methoxy groups -OCH3 is 1. The zero-order valence-corrected chi connectivity index (χ0v) is 18.7. The summed E-state index contributed by atoms with van der Waals surface area (Å²) in [5, 5.41) is 9.41. The van der Waals surface area contributed by atoms with Crippen LogP contribution in [0.2, 0.25) is 0 Å². The number of carbonyl (C=O) groups is 1. The second-order valence-corrected chi connectivity index (χ2v) is 8.09. The van der Waals surface area contributed by atoms with Gasteiger partial charge in [0, 0.05) is 11.3 Å². The van der Waals surface area contributed by atoms with Crippen LogP contribution >= 0.6 is 11.8 Å². The van der Waals surface area contributed by atoms with Crippen molar-refractivity contribution in [2.75, 3.05) is 12.9 Å². The lowest BCUT2D eigenvalue weighted by atomic mass is 10.2. The Bertz CT molecular complexity index is 1190. The highest BCUT2D eigenvalue weighted by Gasteiger charge is 2.18. The Balaban J connectivity index is 1.56. The maximum Gasteiger partial charge on any atom is 0.316 e. The second kappa shape index (κ2) is 10.2. The molecule has 0 amide bonds. The van der Waals surface area contributed by atoms with Crippen molar-refractivity contribution in [3.8, 4) is 22.8 Å². The lowest BCUT2D eigenvalue weighted by molar-refractivity contribution is -0.141. The summed E-state index contributed by atoms with van der Waals surface area (Å²) < 4.78 is 12.6.